The van der Waals surface area contributed by atoms with Gasteiger partial charge in [-0.1, -0.05) is 50.4 Å². The second-order valence-electron chi connectivity index (χ2n) is 6.76. The fourth-order valence-corrected chi connectivity index (χ4v) is 4.11. The van der Waals surface area contributed by atoms with E-state index in [1.165, 1.54) is 31.4 Å². The maximum absolute atomic E-state index is 6.46. The molecule has 1 saturated carbocycles. The van der Waals surface area contributed by atoms with Gasteiger partial charge in [0.2, 0.25) is 0 Å². The molecule has 3 rings (SSSR count). The summed E-state index contributed by atoms with van der Waals surface area (Å²) in [6.45, 7) is 6.79. The Kier molecular flexibility index (Phi) is 3.96. The van der Waals surface area contributed by atoms with Crippen LogP contribution in [0.1, 0.15) is 39.5 Å². The molecule has 0 bridgehead atoms. The molecular weight excluding hydrogens is 268 g/mol. The first-order chi connectivity index (χ1) is 9.61. The Morgan fingerprint density at radius 1 is 1.25 bits per heavy atom. The topological polar surface area (TPSA) is 15.3 Å². The summed E-state index contributed by atoms with van der Waals surface area (Å²) in [6.07, 6.45) is 5.32. The molecule has 0 aromatic heterocycles. The number of hydrogen-bond donors (Lipinski definition) is 1. The normalized spacial score (nSPS) is 25.6. The van der Waals surface area contributed by atoms with Crippen molar-refractivity contribution < 1.29 is 0 Å². The minimum Gasteiger partial charge on any atom is -0.364 e. The molecule has 1 spiro atoms. The summed E-state index contributed by atoms with van der Waals surface area (Å²) in [6, 6.07) is 8.83. The van der Waals surface area contributed by atoms with Crippen LogP contribution in [-0.4, -0.2) is 24.7 Å². The molecule has 110 valence electrons. The fraction of sp³-hybridized carbons (Fsp3) is 0.647. The first-order valence-corrected chi connectivity index (χ1v) is 8.25. The number of para-hydroxylation sites is 1. The SMILES string of the molecule is CC(C)C1CNC2(CCCC2)CN1c1ccccc1Cl. The molecule has 1 heterocycles. The summed E-state index contributed by atoms with van der Waals surface area (Å²) in [5.74, 6) is 0.623. The maximum Gasteiger partial charge on any atom is 0.0639 e. The molecule has 1 saturated heterocycles. The van der Waals surface area contributed by atoms with Crippen LogP contribution in [0.5, 0.6) is 0 Å². The smallest absolute Gasteiger partial charge is 0.0639 e. The van der Waals surface area contributed by atoms with Crippen molar-refractivity contribution in [3.63, 3.8) is 0 Å². The molecule has 1 aliphatic heterocycles. The van der Waals surface area contributed by atoms with Crippen LogP contribution in [0, 0.1) is 5.92 Å². The highest BCUT2D eigenvalue weighted by molar-refractivity contribution is 6.33. The summed E-state index contributed by atoms with van der Waals surface area (Å²) in [5.41, 5.74) is 1.53. The predicted octanol–water partition coefficient (Wildman–Crippen LogP) is 4.09. The van der Waals surface area contributed by atoms with E-state index in [-0.39, 0.29) is 0 Å². The van der Waals surface area contributed by atoms with Crippen molar-refractivity contribution >= 4 is 17.3 Å². The lowest BCUT2D eigenvalue weighted by Crippen LogP contribution is -2.64. The van der Waals surface area contributed by atoms with Crippen molar-refractivity contribution in [1.29, 1.82) is 0 Å². The minimum atomic E-state index is 0.324. The Morgan fingerprint density at radius 3 is 2.60 bits per heavy atom. The van der Waals surface area contributed by atoms with Gasteiger partial charge in [-0.05, 0) is 30.9 Å². The maximum atomic E-state index is 6.46. The van der Waals surface area contributed by atoms with Gasteiger partial charge in [-0.15, -0.1) is 0 Å². The number of benzene rings is 1. The summed E-state index contributed by atoms with van der Waals surface area (Å²) >= 11 is 6.46. The number of halogens is 1. The van der Waals surface area contributed by atoms with E-state index in [4.69, 9.17) is 11.6 Å². The van der Waals surface area contributed by atoms with Crippen molar-refractivity contribution in [2.24, 2.45) is 5.92 Å². The van der Waals surface area contributed by atoms with Crippen LogP contribution in [-0.2, 0) is 0 Å². The van der Waals surface area contributed by atoms with Gasteiger partial charge in [-0.2, -0.15) is 0 Å². The van der Waals surface area contributed by atoms with Gasteiger partial charge in [0.05, 0.1) is 10.7 Å². The Labute approximate surface area is 127 Å². The highest BCUT2D eigenvalue weighted by Gasteiger charge is 2.42. The zero-order valence-electron chi connectivity index (χ0n) is 12.5. The van der Waals surface area contributed by atoms with Crippen LogP contribution in [0.4, 0.5) is 5.69 Å². The second kappa shape index (κ2) is 5.57. The molecule has 1 aromatic rings. The highest BCUT2D eigenvalue weighted by Crippen LogP contribution is 2.38. The molecule has 3 heteroatoms. The lowest BCUT2D eigenvalue weighted by Gasteiger charge is -2.49. The van der Waals surface area contributed by atoms with E-state index < -0.39 is 0 Å². The third-order valence-electron chi connectivity index (χ3n) is 5.05. The molecule has 1 aromatic carbocycles. The van der Waals surface area contributed by atoms with Gasteiger partial charge in [0, 0.05) is 24.7 Å². The fourth-order valence-electron chi connectivity index (χ4n) is 3.86. The number of rotatable bonds is 2. The molecule has 0 amide bonds. The number of anilines is 1. The van der Waals surface area contributed by atoms with E-state index in [1.54, 1.807) is 0 Å². The molecule has 1 aliphatic carbocycles. The molecule has 2 aliphatic rings. The number of piperazine rings is 1. The molecule has 2 fully saturated rings. The van der Waals surface area contributed by atoms with Crippen LogP contribution < -0.4 is 10.2 Å². The minimum absolute atomic E-state index is 0.324. The monoisotopic (exact) mass is 292 g/mol. The summed E-state index contributed by atoms with van der Waals surface area (Å²) in [5, 5.41) is 4.74. The Morgan fingerprint density at radius 2 is 1.95 bits per heavy atom. The zero-order chi connectivity index (χ0) is 14.2. The van der Waals surface area contributed by atoms with Gasteiger partial charge in [0.25, 0.3) is 0 Å². The first-order valence-electron chi connectivity index (χ1n) is 7.87. The summed E-state index contributed by atoms with van der Waals surface area (Å²) < 4.78 is 0. The standard InChI is InChI=1S/C17H25ClN2/c1-13(2)16-11-19-17(9-5-6-10-17)12-20(16)15-8-4-3-7-14(15)18/h3-4,7-8,13,16,19H,5-6,9-12H2,1-2H3. The van der Waals surface area contributed by atoms with Gasteiger partial charge < -0.3 is 10.2 Å². The van der Waals surface area contributed by atoms with Crippen LogP contribution in [0.25, 0.3) is 0 Å². The van der Waals surface area contributed by atoms with Gasteiger partial charge in [0.1, 0.15) is 0 Å². The molecule has 1 unspecified atom stereocenters. The second-order valence-corrected chi connectivity index (χ2v) is 7.17. The third-order valence-corrected chi connectivity index (χ3v) is 5.37. The Hall–Kier alpha value is -0.730. The average Bonchev–Trinajstić information content (AvgIpc) is 2.87. The molecular formula is C17H25ClN2. The number of nitrogens with zero attached hydrogens (tertiary/aromatic N) is 1. The van der Waals surface area contributed by atoms with Gasteiger partial charge in [-0.25, -0.2) is 0 Å². The van der Waals surface area contributed by atoms with Crippen LogP contribution >= 0.6 is 11.6 Å². The molecule has 20 heavy (non-hydrogen) atoms. The Bertz CT molecular complexity index is 466. The van der Waals surface area contributed by atoms with Crippen molar-refractivity contribution in [1.82, 2.24) is 5.32 Å². The van der Waals surface area contributed by atoms with Crippen molar-refractivity contribution in [3.8, 4) is 0 Å². The van der Waals surface area contributed by atoms with E-state index in [1.807, 2.05) is 12.1 Å². The van der Waals surface area contributed by atoms with Crippen molar-refractivity contribution in [2.45, 2.75) is 51.1 Å². The first kappa shape index (κ1) is 14.2. The van der Waals surface area contributed by atoms with Crippen molar-refractivity contribution in [2.75, 3.05) is 18.0 Å². The summed E-state index contributed by atoms with van der Waals surface area (Å²) in [4.78, 5) is 2.56. The van der Waals surface area contributed by atoms with E-state index in [0.29, 0.717) is 17.5 Å². The molecule has 1 N–H and O–H groups in total. The van der Waals surface area contributed by atoms with Crippen molar-refractivity contribution in [3.05, 3.63) is 29.3 Å². The van der Waals surface area contributed by atoms with Crippen LogP contribution in [0.3, 0.4) is 0 Å². The molecule has 0 radical (unpaired) electrons. The van der Waals surface area contributed by atoms with E-state index in [2.05, 4.69) is 36.2 Å². The quantitative estimate of drug-likeness (QED) is 0.883. The van der Waals surface area contributed by atoms with E-state index in [9.17, 15) is 0 Å². The Balaban J connectivity index is 1.92. The average molecular weight is 293 g/mol. The lowest BCUT2D eigenvalue weighted by molar-refractivity contribution is 0.246. The molecule has 2 nitrogen and oxygen atoms in total. The summed E-state index contributed by atoms with van der Waals surface area (Å²) in [7, 11) is 0. The zero-order valence-corrected chi connectivity index (χ0v) is 13.3. The number of hydrogen-bond acceptors (Lipinski definition) is 2. The van der Waals surface area contributed by atoms with Gasteiger partial charge >= 0.3 is 0 Å². The molecule has 1 atom stereocenters. The van der Waals surface area contributed by atoms with E-state index >= 15 is 0 Å². The highest BCUT2D eigenvalue weighted by atomic mass is 35.5. The lowest BCUT2D eigenvalue weighted by atomic mass is 9.88. The van der Waals surface area contributed by atoms with Crippen LogP contribution in [0.15, 0.2) is 24.3 Å². The van der Waals surface area contributed by atoms with E-state index in [0.717, 1.165) is 18.1 Å². The van der Waals surface area contributed by atoms with Crippen LogP contribution in [0.2, 0.25) is 5.02 Å². The van der Waals surface area contributed by atoms with Gasteiger partial charge in [-0.3, -0.25) is 0 Å². The number of nitrogens with one attached hydrogen (secondary N) is 1. The largest absolute Gasteiger partial charge is 0.364 e. The third kappa shape index (κ3) is 2.56. The predicted molar refractivity (Wildman–Crippen MR) is 86.6 cm³/mol. The van der Waals surface area contributed by atoms with Gasteiger partial charge in [0.15, 0.2) is 0 Å².